The molecule has 1 saturated heterocycles. The number of ether oxygens (including phenoxy) is 1. The van der Waals surface area contributed by atoms with Gasteiger partial charge in [0.05, 0.1) is 23.6 Å². The van der Waals surface area contributed by atoms with Gasteiger partial charge < -0.3 is 14.6 Å². The van der Waals surface area contributed by atoms with Crippen LogP contribution in [0.1, 0.15) is 28.8 Å². The van der Waals surface area contributed by atoms with E-state index in [1.165, 1.54) is 10.5 Å². The summed E-state index contributed by atoms with van der Waals surface area (Å²) in [4.78, 5) is 30.9. The third-order valence-corrected chi connectivity index (χ3v) is 5.76. The van der Waals surface area contributed by atoms with E-state index in [1.54, 1.807) is 22.9 Å². The van der Waals surface area contributed by atoms with Gasteiger partial charge in [-0.15, -0.1) is 0 Å². The van der Waals surface area contributed by atoms with Crippen molar-refractivity contribution in [3.63, 3.8) is 0 Å². The number of rotatable bonds is 5. The van der Waals surface area contributed by atoms with Gasteiger partial charge in [-0.25, -0.2) is 4.98 Å². The van der Waals surface area contributed by atoms with Crippen LogP contribution >= 0.6 is 0 Å². The summed E-state index contributed by atoms with van der Waals surface area (Å²) in [6.45, 7) is 1.40. The number of nitrogens with zero attached hydrogens (tertiary/aromatic N) is 3. The smallest absolute Gasteiger partial charge is 0.267 e. The summed E-state index contributed by atoms with van der Waals surface area (Å²) in [6, 6.07) is 16.4. The predicted octanol–water partition coefficient (Wildman–Crippen LogP) is 2.09. The fourth-order valence-electron chi connectivity index (χ4n) is 4.09. The van der Waals surface area contributed by atoms with Crippen molar-refractivity contribution in [1.29, 1.82) is 5.41 Å². The molecular weight excluding hydrogens is 406 g/mol. The van der Waals surface area contributed by atoms with Gasteiger partial charge >= 0.3 is 0 Å². The van der Waals surface area contributed by atoms with Crippen LogP contribution in [-0.2, 0) is 11.3 Å². The molecule has 32 heavy (non-hydrogen) atoms. The van der Waals surface area contributed by atoms with E-state index in [4.69, 9.17) is 10.1 Å². The molecule has 0 saturated carbocycles. The normalized spacial score (nSPS) is 15.9. The number of hydrogen-bond acceptors (Lipinski definition) is 5. The Kier molecular flexibility index (Phi) is 5.28. The maximum atomic E-state index is 13.2. The van der Waals surface area contributed by atoms with Crippen LogP contribution in [0.25, 0.3) is 16.7 Å². The van der Waals surface area contributed by atoms with Crippen molar-refractivity contribution in [2.75, 3.05) is 13.2 Å². The van der Waals surface area contributed by atoms with Gasteiger partial charge in [-0.1, -0.05) is 36.4 Å². The molecule has 162 valence electrons. The molecule has 0 bridgehead atoms. The number of pyridine rings is 2. The summed E-state index contributed by atoms with van der Waals surface area (Å²) in [7, 11) is 0. The minimum absolute atomic E-state index is 0.0124. The minimum Gasteiger partial charge on any atom is -0.376 e. The van der Waals surface area contributed by atoms with Crippen molar-refractivity contribution in [3.8, 4) is 0 Å². The summed E-state index contributed by atoms with van der Waals surface area (Å²) in [5.41, 5.74) is 1.69. The van der Waals surface area contributed by atoms with Crippen LogP contribution in [-0.4, -0.2) is 39.1 Å². The molecule has 0 spiro atoms. The number of aromatic nitrogens is 3. The summed E-state index contributed by atoms with van der Waals surface area (Å²) in [5, 5.41) is 12.0. The maximum absolute atomic E-state index is 13.2. The second-order valence-corrected chi connectivity index (χ2v) is 7.91. The summed E-state index contributed by atoms with van der Waals surface area (Å²) in [5.74, 6) is -0.397. The predicted molar refractivity (Wildman–Crippen MR) is 120 cm³/mol. The number of carbonyl (C=O) groups excluding carboxylic acids is 1. The Bertz CT molecular complexity index is 1420. The molecular formula is C24H23N5O3. The molecule has 4 heterocycles. The van der Waals surface area contributed by atoms with E-state index >= 15 is 0 Å². The number of hydrogen-bond donors (Lipinski definition) is 2. The molecule has 0 radical (unpaired) electrons. The zero-order chi connectivity index (χ0) is 22.1. The molecule has 1 aromatic carbocycles. The lowest BCUT2D eigenvalue weighted by Crippen LogP contribution is -2.38. The molecule has 0 aliphatic carbocycles. The second kappa shape index (κ2) is 8.39. The SMILES string of the molecule is N=c1c(C(=O)NC[C@@H]2CCCO2)cc2c(=O)n3ccccc3nc2n1Cc1ccccc1. The first-order valence-electron chi connectivity index (χ1n) is 10.6. The average Bonchev–Trinajstić information content (AvgIpc) is 3.34. The molecule has 8 nitrogen and oxygen atoms in total. The second-order valence-electron chi connectivity index (χ2n) is 7.91. The lowest BCUT2D eigenvalue weighted by Gasteiger charge is -2.16. The monoisotopic (exact) mass is 429 g/mol. The van der Waals surface area contributed by atoms with Crippen LogP contribution in [0.15, 0.2) is 65.6 Å². The van der Waals surface area contributed by atoms with Crippen molar-refractivity contribution in [1.82, 2.24) is 19.3 Å². The van der Waals surface area contributed by atoms with Crippen molar-refractivity contribution in [2.45, 2.75) is 25.5 Å². The molecule has 2 N–H and O–H groups in total. The zero-order valence-corrected chi connectivity index (χ0v) is 17.5. The Balaban J connectivity index is 1.66. The first-order chi connectivity index (χ1) is 15.6. The van der Waals surface area contributed by atoms with Gasteiger partial charge in [0.1, 0.15) is 16.8 Å². The average molecular weight is 429 g/mol. The molecule has 1 atom stereocenters. The van der Waals surface area contributed by atoms with Crippen molar-refractivity contribution >= 4 is 22.6 Å². The van der Waals surface area contributed by atoms with Crippen LogP contribution in [0.4, 0.5) is 0 Å². The molecule has 4 aromatic rings. The van der Waals surface area contributed by atoms with Crippen LogP contribution in [0.3, 0.4) is 0 Å². The minimum atomic E-state index is -0.397. The van der Waals surface area contributed by atoms with E-state index in [-0.39, 0.29) is 22.7 Å². The Hall–Kier alpha value is -3.78. The standard InChI is InChI=1S/C24H23N5O3/c25-21-18(23(30)26-14-17-9-6-12-32-17)13-19-22(29(21)15-16-7-2-1-3-8-16)27-20-10-4-5-11-28(20)24(19)31/h1-5,7-8,10-11,13,17,25H,6,9,12,14-15H2,(H,26,30)/t17-/m0/s1. The fraction of sp³-hybridized carbons (Fsp3) is 0.250. The number of benzene rings is 1. The Morgan fingerprint density at radius 3 is 2.78 bits per heavy atom. The lowest BCUT2D eigenvalue weighted by molar-refractivity contribution is 0.0856. The van der Waals surface area contributed by atoms with E-state index in [0.717, 1.165) is 18.4 Å². The summed E-state index contributed by atoms with van der Waals surface area (Å²) >= 11 is 0. The molecule has 1 aliphatic heterocycles. The van der Waals surface area contributed by atoms with E-state index in [2.05, 4.69) is 10.3 Å². The van der Waals surface area contributed by atoms with Gasteiger partial charge in [0.2, 0.25) is 0 Å². The van der Waals surface area contributed by atoms with Gasteiger partial charge in [0.15, 0.2) is 0 Å². The molecule has 1 fully saturated rings. The zero-order valence-electron chi connectivity index (χ0n) is 17.5. The highest BCUT2D eigenvalue weighted by atomic mass is 16.5. The number of carbonyl (C=O) groups is 1. The topological polar surface area (TPSA) is 101 Å². The first kappa shape index (κ1) is 20.1. The largest absolute Gasteiger partial charge is 0.376 e. The van der Waals surface area contributed by atoms with Gasteiger partial charge in [-0.2, -0.15) is 0 Å². The van der Waals surface area contributed by atoms with E-state index in [1.807, 2.05) is 36.4 Å². The Labute approximate surface area is 183 Å². The quantitative estimate of drug-likeness (QED) is 0.474. The Morgan fingerprint density at radius 2 is 2.00 bits per heavy atom. The fourth-order valence-corrected chi connectivity index (χ4v) is 4.09. The third-order valence-electron chi connectivity index (χ3n) is 5.76. The lowest BCUT2D eigenvalue weighted by atomic mass is 10.1. The maximum Gasteiger partial charge on any atom is 0.267 e. The van der Waals surface area contributed by atoms with Gasteiger partial charge in [-0.05, 0) is 36.6 Å². The van der Waals surface area contributed by atoms with Crippen LogP contribution in [0, 0.1) is 5.41 Å². The molecule has 1 aliphatic rings. The van der Waals surface area contributed by atoms with Crippen LogP contribution < -0.4 is 16.4 Å². The highest BCUT2D eigenvalue weighted by Crippen LogP contribution is 2.14. The van der Waals surface area contributed by atoms with E-state index in [0.29, 0.717) is 36.4 Å². The molecule has 3 aromatic heterocycles. The molecule has 1 amide bonds. The van der Waals surface area contributed by atoms with Gasteiger partial charge in [-0.3, -0.25) is 19.4 Å². The summed E-state index contributed by atoms with van der Waals surface area (Å²) < 4.78 is 8.66. The molecule has 0 unspecified atom stereocenters. The van der Waals surface area contributed by atoms with Crippen molar-refractivity contribution in [3.05, 3.63) is 87.8 Å². The van der Waals surface area contributed by atoms with E-state index < -0.39 is 5.91 Å². The third kappa shape index (κ3) is 3.69. The van der Waals surface area contributed by atoms with Gasteiger partial charge in [0, 0.05) is 19.3 Å². The van der Waals surface area contributed by atoms with Crippen molar-refractivity contribution in [2.24, 2.45) is 0 Å². The van der Waals surface area contributed by atoms with Crippen LogP contribution in [0.5, 0.6) is 0 Å². The van der Waals surface area contributed by atoms with Crippen LogP contribution in [0.2, 0.25) is 0 Å². The van der Waals surface area contributed by atoms with Crippen molar-refractivity contribution < 1.29 is 9.53 Å². The first-order valence-corrected chi connectivity index (χ1v) is 10.6. The number of amides is 1. The Morgan fingerprint density at radius 1 is 1.19 bits per heavy atom. The number of nitrogens with one attached hydrogen (secondary N) is 2. The highest BCUT2D eigenvalue weighted by Gasteiger charge is 2.20. The molecule has 5 rings (SSSR count). The summed E-state index contributed by atoms with van der Waals surface area (Å²) in [6.07, 6.45) is 3.52. The molecule has 8 heteroatoms. The highest BCUT2D eigenvalue weighted by molar-refractivity contribution is 5.96. The van der Waals surface area contributed by atoms with Gasteiger partial charge in [0.25, 0.3) is 11.5 Å². The number of fused-ring (bicyclic) bond motifs is 2. The van der Waals surface area contributed by atoms with E-state index in [9.17, 15) is 9.59 Å².